The fourth-order valence-corrected chi connectivity index (χ4v) is 1.84. The second-order valence-electron chi connectivity index (χ2n) is 4.82. The van der Waals surface area contributed by atoms with Crippen LogP contribution >= 0.6 is 0 Å². The van der Waals surface area contributed by atoms with E-state index >= 15 is 0 Å². The van der Waals surface area contributed by atoms with Crippen molar-refractivity contribution in [1.29, 1.82) is 0 Å². The van der Waals surface area contributed by atoms with Crippen LogP contribution in [0.5, 0.6) is 0 Å². The maximum atomic E-state index is 13.7. The fraction of sp³-hybridized carbons (Fsp3) is 0.538. The molecule has 0 radical (unpaired) electrons. The number of aryl methyl sites for hydroxylation is 1. The largest absolute Gasteiger partial charge is 0.390 e. The third kappa shape index (κ3) is 4.78. The van der Waals surface area contributed by atoms with Gasteiger partial charge in [0, 0.05) is 23.7 Å². The van der Waals surface area contributed by atoms with Gasteiger partial charge in [0.2, 0.25) is 0 Å². The molecule has 108 valence electrons. The van der Waals surface area contributed by atoms with Crippen molar-refractivity contribution in [2.24, 2.45) is 0 Å². The zero-order valence-corrected chi connectivity index (χ0v) is 10.9. The minimum Gasteiger partial charge on any atom is -0.307 e. The van der Waals surface area contributed by atoms with Crippen molar-refractivity contribution in [3.05, 3.63) is 34.9 Å². The van der Waals surface area contributed by atoms with Crippen LogP contribution in [0.25, 0.3) is 0 Å². The van der Waals surface area contributed by atoms with Gasteiger partial charge in [0.1, 0.15) is 11.6 Å². The van der Waals surface area contributed by atoms with Crippen LogP contribution in [0.1, 0.15) is 37.4 Å². The summed E-state index contributed by atoms with van der Waals surface area (Å²) >= 11 is 0. The Morgan fingerprint density at radius 1 is 1.11 bits per heavy atom. The number of alkyl halides is 3. The smallest absolute Gasteiger partial charge is 0.307 e. The topological polar surface area (TPSA) is 12.0 Å². The average Bonchev–Trinajstić information content (AvgIpc) is 2.19. The average molecular weight is 281 g/mol. The van der Waals surface area contributed by atoms with Gasteiger partial charge in [0.25, 0.3) is 0 Å². The summed E-state index contributed by atoms with van der Waals surface area (Å²) in [5.41, 5.74) is -0.0425. The van der Waals surface area contributed by atoms with E-state index in [1.807, 2.05) is 0 Å². The van der Waals surface area contributed by atoms with E-state index in [9.17, 15) is 22.0 Å². The highest BCUT2D eigenvalue weighted by Gasteiger charge is 2.34. The Hall–Kier alpha value is -1.17. The van der Waals surface area contributed by atoms with Crippen molar-refractivity contribution in [2.75, 3.05) is 0 Å². The Kier molecular flexibility index (Phi) is 4.90. The van der Waals surface area contributed by atoms with Gasteiger partial charge in [-0.2, -0.15) is 13.2 Å². The van der Waals surface area contributed by atoms with Gasteiger partial charge in [-0.25, -0.2) is 8.78 Å². The van der Waals surface area contributed by atoms with Gasteiger partial charge in [-0.15, -0.1) is 0 Å². The number of nitrogens with one attached hydrogen (secondary N) is 1. The van der Waals surface area contributed by atoms with Crippen molar-refractivity contribution < 1.29 is 22.0 Å². The van der Waals surface area contributed by atoms with Crippen molar-refractivity contribution in [3.63, 3.8) is 0 Å². The second kappa shape index (κ2) is 5.86. The number of benzene rings is 1. The van der Waals surface area contributed by atoms with Crippen LogP contribution in [0, 0.1) is 18.6 Å². The first-order chi connectivity index (χ1) is 8.60. The van der Waals surface area contributed by atoms with E-state index in [2.05, 4.69) is 5.32 Å². The molecule has 0 heterocycles. The van der Waals surface area contributed by atoms with Gasteiger partial charge in [-0.05, 0) is 18.6 Å². The van der Waals surface area contributed by atoms with E-state index in [0.29, 0.717) is 6.07 Å². The highest BCUT2D eigenvalue weighted by molar-refractivity contribution is 5.28. The van der Waals surface area contributed by atoms with Crippen LogP contribution in [0.2, 0.25) is 0 Å². The first-order valence-electron chi connectivity index (χ1n) is 5.88. The molecule has 6 heteroatoms. The fourth-order valence-electron chi connectivity index (χ4n) is 1.84. The summed E-state index contributed by atoms with van der Waals surface area (Å²) in [5, 5.41) is 2.66. The van der Waals surface area contributed by atoms with E-state index in [1.165, 1.54) is 6.92 Å². The predicted molar refractivity (Wildman–Crippen MR) is 62.8 cm³/mol. The number of hydrogen-bond acceptors (Lipinski definition) is 1. The van der Waals surface area contributed by atoms with Crippen molar-refractivity contribution in [3.8, 4) is 0 Å². The molecule has 0 aliphatic carbocycles. The van der Waals surface area contributed by atoms with Crippen LogP contribution in [0.3, 0.4) is 0 Å². The lowest BCUT2D eigenvalue weighted by molar-refractivity contribution is -0.140. The summed E-state index contributed by atoms with van der Waals surface area (Å²) in [6.07, 6.45) is -5.63. The molecular formula is C13H16F5N. The summed E-state index contributed by atoms with van der Waals surface area (Å²) in [6.45, 7) is 4.72. The lowest BCUT2D eigenvalue weighted by Crippen LogP contribution is -2.32. The lowest BCUT2D eigenvalue weighted by atomic mass is 9.99. The monoisotopic (exact) mass is 281 g/mol. The maximum Gasteiger partial charge on any atom is 0.390 e. The molecule has 0 saturated carbocycles. The molecule has 1 N–H and O–H groups in total. The normalized spacial score (nSPS) is 13.9. The zero-order chi connectivity index (χ0) is 14.8. The van der Waals surface area contributed by atoms with E-state index in [4.69, 9.17) is 0 Å². The second-order valence-corrected chi connectivity index (χ2v) is 4.82. The van der Waals surface area contributed by atoms with Gasteiger partial charge in [-0.1, -0.05) is 13.8 Å². The number of halogens is 5. The van der Waals surface area contributed by atoms with Gasteiger partial charge >= 0.3 is 6.18 Å². The third-order valence-electron chi connectivity index (χ3n) is 2.62. The Bertz CT molecular complexity index is 439. The molecule has 0 amide bonds. The van der Waals surface area contributed by atoms with Crippen molar-refractivity contribution >= 4 is 0 Å². The molecule has 19 heavy (non-hydrogen) atoms. The number of rotatable bonds is 4. The highest BCUT2D eigenvalue weighted by atomic mass is 19.4. The molecule has 0 saturated heterocycles. The summed E-state index contributed by atoms with van der Waals surface area (Å²) in [6, 6.07) is 0.267. The van der Waals surface area contributed by atoms with E-state index in [-0.39, 0.29) is 17.2 Å². The van der Waals surface area contributed by atoms with Crippen LogP contribution in [0.4, 0.5) is 22.0 Å². The quantitative estimate of drug-likeness (QED) is 0.813. The first kappa shape index (κ1) is 15.9. The molecule has 0 spiro atoms. The predicted octanol–water partition coefficient (Wildman–Crippen LogP) is 4.26. The van der Waals surface area contributed by atoms with E-state index < -0.39 is 30.3 Å². The SMILES string of the molecule is Cc1cc(C(CC(F)(F)F)NC(C)C)c(F)cc1F. The van der Waals surface area contributed by atoms with Crippen LogP contribution in [0.15, 0.2) is 12.1 Å². The third-order valence-corrected chi connectivity index (χ3v) is 2.62. The van der Waals surface area contributed by atoms with E-state index in [0.717, 1.165) is 6.07 Å². The molecular weight excluding hydrogens is 265 g/mol. The Morgan fingerprint density at radius 2 is 1.68 bits per heavy atom. The molecule has 0 aliphatic rings. The zero-order valence-electron chi connectivity index (χ0n) is 10.9. The minimum atomic E-state index is -4.43. The maximum absolute atomic E-state index is 13.7. The van der Waals surface area contributed by atoms with Gasteiger partial charge < -0.3 is 5.32 Å². The molecule has 1 atom stereocenters. The molecule has 0 aromatic heterocycles. The number of hydrogen-bond donors (Lipinski definition) is 1. The molecule has 1 aromatic rings. The molecule has 1 unspecified atom stereocenters. The van der Waals surface area contributed by atoms with Gasteiger partial charge in [0.05, 0.1) is 6.42 Å². The molecule has 1 rings (SSSR count). The summed E-state index contributed by atoms with van der Waals surface area (Å²) in [5.74, 6) is -1.73. The van der Waals surface area contributed by atoms with E-state index in [1.54, 1.807) is 13.8 Å². The molecule has 1 nitrogen and oxygen atoms in total. The molecule has 0 bridgehead atoms. The standard InChI is InChI=1S/C13H16F5N/c1-7(2)19-12(6-13(16,17)18)9-4-8(3)10(14)5-11(9)15/h4-5,7,12,19H,6H2,1-3H3. The van der Waals surface area contributed by atoms with Crippen LogP contribution < -0.4 is 5.32 Å². The first-order valence-corrected chi connectivity index (χ1v) is 5.88. The van der Waals surface area contributed by atoms with Crippen LogP contribution in [-0.2, 0) is 0 Å². The molecule has 1 aromatic carbocycles. The molecule has 0 fully saturated rings. The Labute approximate surface area is 108 Å². The van der Waals surface area contributed by atoms with Crippen LogP contribution in [-0.4, -0.2) is 12.2 Å². The van der Waals surface area contributed by atoms with Crippen molar-refractivity contribution in [2.45, 2.75) is 45.5 Å². The molecule has 0 aliphatic heterocycles. The highest BCUT2D eigenvalue weighted by Crippen LogP contribution is 2.32. The Morgan fingerprint density at radius 3 is 2.16 bits per heavy atom. The summed E-state index contributed by atoms with van der Waals surface area (Å²) in [4.78, 5) is 0. The van der Waals surface area contributed by atoms with Gasteiger partial charge in [-0.3, -0.25) is 0 Å². The minimum absolute atomic E-state index is 0.120. The van der Waals surface area contributed by atoms with Gasteiger partial charge in [0.15, 0.2) is 0 Å². The Balaban J connectivity index is 3.13. The lowest BCUT2D eigenvalue weighted by Gasteiger charge is -2.24. The summed E-state index contributed by atoms with van der Waals surface area (Å²) < 4.78 is 64.3. The van der Waals surface area contributed by atoms with Crippen molar-refractivity contribution in [1.82, 2.24) is 5.32 Å². The summed E-state index contributed by atoms with van der Waals surface area (Å²) in [7, 11) is 0.